The molecule has 2 rings (SSSR count). The van der Waals surface area contributed by atoms with Crippen LogP contribution in [-0.2, 0) is 4.79 Å². The molecule has 0 radical (unpaired) electrons. The fourth-order valence-corrected chi connectivity index (χ4v) is 1.43. The van der Waals surface area contributed by atoms with Crippen molar-refractivity contribution in [3.8, 4) is 0 Å². The van der Waals surface area contributed by atoms with Crippen LogP contribution in [0.15, 0.2) is 24.3 Å². The molecule has 0 bridgehead atoms. The van der Waals surface area contributed by atoms with Crippen LogP contribution in [0.5, 0.6) is 0 Å². The molecule has 15 heavy (non-hydrogen) atoms. The predicted octanol–water partition coefficient (Wildman–Crippen LogP) is 0.484. The molecule has 78 valence electrons. The van der Waals surface area contributed by atoms with Gasteiger partial charge in [0.05, 0.1) is 17.6 Å². The lowest BCUT2D eigenvalue weighted by Gasteiger charge is -2.12. The van der Waals surface area contributed by atoms with Gasteiger partial charge in [0.25, 0.3) is 0 Å². The number of likely N-dealkylation sites (N-methyl/N-ethyl adjacent to an activating group) is 1. The van der Waals surface area contributed by atoms with Gasteiger partial charge in [-0.25, -0.2) is 4.98 Å². The Balaban J connectivity index is 2.32. The van der Waals surface area contributed by atoms with E-state index in [4.69, 9.17) is 5.73 Å². The molecular formula is C10H12N4O. The molecule has 0 aliphatic heterocycles. The van der Waals surface area contributed by atoms with Gasteiger partial charge in [0, 0.05) is 7.05 Å². The molecule has 0 aliphatic rings. The maximum atomic E-state index is 10.7. The Morgan fingerprint density at radius 3 is 2.93 bits per heavy atom. The Morgan fingerprint density at radius 1 is 1.53 bits per heavy atom. The van der Waals surface area contributed by atoms with Crippen LogP contribution in [0.4, 0.5) is 5.95 Å². The standard InChI is InChI=1S/C10H12N4O/c1-14(6-9(11)15)10-12-7-4-2-3-5-8(7)13-10/h2-5H,6H2,1H3,(H2,11,15)(H,12,13). The molecule has 3 N–H and O–H groups in total. The maximum absolute atomic E-state index is 10.7. The van der Waals surface area contributed by atoms with Crippen LogP contribution in [0.25, 0.3) is 11.0 Å². The molecule has 0 saturated heterocycles. The number of rotatable bonds is 3. The summed E-state index contributed by atoms with van der Waals surface area (Å²) in [7, 11) is 1.77. The Hall–Kier alpha value is -2.04. The highest BCUT2D eigenvalue weighted by atomic mass is 16.1. The number of aromatic nitrogens is 2. The van der Waals surface area contributed by atoms with Crippen molar-refractivity contribution >= 4 is 22.9 Å². The van der Waals surface area contributed by atoms with E-state index >= 15 is 0 Å². The summed E-state index contributed by atoms with van der Waals surface area (Å²) in [6.45, 7) is 0.153. The Labute approximate surface area is 86.9 Å². The highest BCUT2D eigenvalue weighted by Gasteiger charge is 2.08. The lowest BCUT2D eigenvalue weighted by Crippen LogP contribution is -2.31. The lowest BCUT2D eigenvalue weighted by atomic mass is 10.3. The monoisotopic (exact) mass is 204 g/mol. The third-order valence-electron chi connectivity index (χ3n) is 2.13. The molecule has 0 saturated carbocycles. The molecule has 1 amide bonds. The number of hydrogen-bond donors (Lipinski definition) is 2. The van der Waals surface area contributed by atoms with Crippen molar-refractivity contribution in [2.24, 2.45) is 5.73 Å². The average molecular weight is 204 g/mol. The van der Waals surface area contributed by atoms with Gasteiger partial charge in [-0.3, -0.25) is 4.79 Å². The second kappa shape index (κ2) is 3.61. The summed E-state index contributed by atoms with van der Waals surface area (Å²) in [6.07, 6.45) is 0. The minimum atomic E-state index is -0.377. The highest BCUT2D eigenvalue weighted by Crippen LogP contribution is 2.15. The number of carbonyl (C=O) groups is 1. The maximum Gasteiger partial charge on any atom is 0.237 e. The molecule has 0 unspecified atom stereocenters. The summed E-state index contributed by atoms with van der Waals surface area (Å²) in [5.74, 6) is 0.271. The van der Waals surface area contributed by atoms with Crippen LogP contribution >= 0.6 is 0 Å². The topological polar surface area (TPSA) is 75.0 Å². The summed E-state index contributed by atoms with van der Waals surface area (Å²) in [6, 6.07) is 7.69. The number of anilines is 1. The summed E-state index contributed by atoms with van der Waals surface area (Å²) in [5, 5.41) is 0. The van der Waals surface area contributed by atoms with Crippen LogP contribution in [0, 0.1) is 0 Å². The second-order valence-electron chi connectivity index (χ2n) is 3.40. The number of para-hydroxylation sites is 2. The molecule has 1 heterocycles. The highest BCUT2D eigenvalue weighted by molar-refractivity contribution is 5.81. The zero-order valence-corrected chi connectivity index (χ0v) is 8.40. The molecule has 0 aliphatic carbocycles. The number of benzene rings is 1. The van der Waals surface area contributed by atoms with Crippen LogP contribution in [0.3, 0.4) is 0 Å². The third-order valence-corrected chi connectivity index (χ3v) is 2.13. The number of H-pyrrole nitrogens is 1. The quantitative estimate of drug-likeness (QED) is 0.763. The number of primary amides is 1. The van der Waals surface area contributed by atoms with Gasteiger partial charge in [0.1, 0.15) is 0 Å². The van der Waals surface area contributed by atoms with Crippen molar-refractivity contribution in [3.05, 3.63) is 24.3 Å². The van der Waals surface area contributed by atoms with E-state index in [1.165, 1.54) is 0 Å². The van der Waals surface area contributed by atoms with Gasteiger partial charge >= 0.3 is 0 Å². The van der Waals surface area contributed by atoms with Crippen molar-refractivity contribution in [2.45, 2.75) is 0 Å². The first-order chi connectivity index (χ1) is 7.16. The van der Waals surface area contributed by atoms with Crippen molar-refractivity contribution in [1.82, 2.24) is 9.97 Å². The van der Waals surface area contributed by atoms with E-state index in [2.05, 4.69) is 9.97 Å². The molecule has 0 atom stereocenters. The summed E-state index contributed by atoms with van der Waals surface area (Å²) in [5.41, 5.74) is 6.93. The van der Waals surface area contributed by atoms with Crippen molar-refractivity contribution < 1.29 is 4.79 Å². The van der Waals surface area contributed by atoms with E-state index < -0.39 is 0 Å². The first-order valence-electron chi connectivity index (χ1n) is 4.61. The van der Waals surface area contributed by atoms with Gasteiger partial charge < -0.3 is 15.6 Å². The minimum Gasteiger partial charge on any atom is -0.368 e. The number of nitrogens with two attached hydrogens (primary N) is 1. The van der Waals surface area contributed by atoms with Gasteiger partial charge in [-0.15, -0.1) is 0 Å². The fraction of sp³-hybridized carbons (Fsp3) is 0.200. The van der Waals surface area contributed by atoms with E-state index in [1.807, 2.05) is 24.3 Å². The summed E-state index contributed by atoms with van der Waals surface area (Å²) >= 11 is 0. The first kappa shape index (κ1) is 9.51. The van der Waals surface area contributed by atoms with Crippen LogP contribution < -0.4 is 10.6 Å². The fourth-order valence-electron chi connectivity index (χ4n) is 1.43. The second-order valence-corrected chi connectivity index (χ2v) is 3.40. The van der Waals surface area contributed by atoms with E-state index in [1.54, 1.807) is 11.9 Å². The molecular weight excluding hydrogens is 192 g/mol. The number of imidazole rings is 1. The molecule has 1 aromatic heterocycles. The number of nitrogens with one attached hydrogen (secondary N) is 1. The number of fused-ring (bicyclic) bond motifs is 1. The van der Waals surface area contributed by atoms with Gasteiger partial charge in [0.2, 0.25) is 11.9 Å². The minimum absolute atomic E-state index is 0.153. The van der Waals surface area contributed by atoms with Gasteiger partial charge in [-0.2, -0.15) is 0 Å². The van der Waals surface area contributed by atoms with Crippen LogP contribution in [-0.4, -0.2) is 29.5 Å². The van der Waals surface area contributed by atoms with E-state index in [0.29, 0.717) is 5.95 Å². The molecule has 2 aromatic rings. The van der Waals surface area contributed by atoms with Crippen molar-refractivity contribution in [1.29, 1.82) is 0 Å². The van der Waals surface area contributed by atoms with Crippen LogP contribution in [0.1, 0.15) is 0 Å². The van der Waals surface area contributed by atoms with E-state index in [0.717, 1.165) is 11.0 Å². The molecule has 0 fully saturated rings. The number of aromatic amines is 1. The Morgan fingerprint density at radius 2 is 2.27 bits per heavy atom. The predicted molar refractivity (Wildman–Crippen MR) is 58.6 cm³/mol. The van der Waals surface area contributed by atoms with Gasteiger partial charge in [0.15, 0.2) is 0 Å². The van der Waals surface area contributed by atoms with Gasteiger partial charge in [-0.1, -0.05) is 12.1 Å². The molecule has 1 aromatic carbocycles. The number of nitrogens with zero attached hydrogens (tertiary/aromatic N) is 2. The molecule has 5 nitrogen and oxygen atoms in total. The average Bonchev–Trinajstić information content (AvgIpc) is 2.59. The third kappa shape index (κ3) is 1.90. The Bertz CT molecular complexity index is 458. The number of amides is 1. The van der Waals surface area contributed by atoms with E-state index in [-0.39, 0.29) is 12.5 Å². The smallest absolute Gasteiger partial charge is 0.237 e. The van der Waals surface area contributed by atoms with Gasteiger partial charge in [-0.05, 0) is 12.1 Å². The van der Waals surface area contributed by atoms with E-state index in [9.17, 15) is 4.79 Å². The SMILES string of the molecule is CN(CC(N)=O)c1nc2ccccc2[nH]1. The van der Waals surface area contributed by atoms with Crippen molar-refractivity contribution in [2.75, 3.05) is 18.5 Å². The lowest BCUT2D eigenvalue weighted by molar-refractivity contribution is -0.116. The Kier molecular flexibility index (Phi) is 2.29. The first-order valence-corrected chi connectivity index (χ1v) is 4.61. The number of hydrogen-bond acceptors (Lipinski definition) is 3. The largest absolute Gasteiger partial charge is 0.368 e. The molecule has 5 heteroatoms. The summed E-state index contributed by atoms with van der Waals surface area (Å²) < 4.78 is 0. The summed E-state index contributed by atoms with van der Waals surface area (Å²) in [4.78, 5) is 19.9. The zero-order valence-electron chi connectivity index (χ0n) is 8.40. The van der Waals surface area contributed by atoms with Crippen LogP contribution in [0.2, 0.25) is 0 Å². The zero-order chi connectivity index (χ0) is 10.8. The molecule has 0 spiro atoms. The van der Waals surface area contributed by atoms with Crippen molar-refractivity contribution in [3.63, 3.8) is 0 Å². The number of carbonyl (C=O) groups excluding carboxylic acids is 1. The normalized spacial score (nSPS) is 10.5.